The number of carbonyl (C=O) groups excluding carboxylic acids is 1. The van der Waals surface area contributed by atoms with Gasteiger partial charge in [0, 0.05) is 44.0 Å². The summed E-state index contributed by atoms with van der Waals surface area (Å²) in [5.74, 6) is 0.0805. The van der Waals surface area contributed by atoms with Crippen LogP contribution in [0.15, 0.2) is 54.9 Å². The number of carbonyl (C=O) groups is 1. The molecule has 1 aliphatic heterocycles. The lowest BCUT2D eigenvalue weighted by Gasteiger charge is -2.31. The molecule has 2 aromatic heterocycles. The Bertz CT molecular complexity index is 946. The van der Waals surface area contributed by atoms with Gasteiger partial charge >= 0.3 is 0 Å². The van der Waals surface area contributed by atoms with E-state index in [0.717, 1.165) is 29.8 Å². The highest BCUT2D eigenvalue weighted by atomic mass is 19.1. The van der Waals surface area contributed by atoms with Gasteiger partial charge in [0.2, 0.25) is 0 Å². The molecule has 0 saturated carbocycles. The van der Waals surface area contributed by atoms with Crippen LogP contribution in [-0.2, 0) is 7.05 Å². The molecule has 0 N–H and O–H groups in total. The van der Waals surface area contributed by atoms with E-state index >= 15 is 0 Å². The molecule has 4 rings (SSSR count). The second kappa shape index (κ2) is 7.31. The van der Waals surface area contributed by atoms with Gasteiger partial charge in [-0.3, -0.25) is 14.5 Å². The van der Waals surface area contributed by atoms with E-state index in [1.54, 1.807) is 35.3 Å². The molecule has 0 radical (unpaired) electrons. The van der Waals surface area contributed by atoms with Crippen LogP contribution in [0.5, 0.6) is 0 Å². The normalized spacial score (nSPS) is 15.1. The van der Waals surface area contributed by atoms with Crippen LogP contribution in [0.4, 0.5) is 4.39 Å². The van der Waals surface area contributed by atoms with E-state index in [2.05, 4.69) is 10.1 Å². The minimum Gasteiger partial charge on any atom is -0.339 e. The van der Waals surface area contributed by atoms with Crippen LogP contribution in [0.1, 0.15) is 34.8 Å². The summed E-state index contributed by atoms with van der Waals surface area (Å²) in [6, 6.07) is 12.2. The molecule has 0 atom stereocenters. The Morgan fingerprint density at radius 3 is 2.67 bits per heavy atom. The molecule has 1 fully saturated rings. The molecule has 27 heavy (non-hydrogen) atoms. The van der Waals surface area contributed by atoms with Crippen molar-refractivity contribution in [2.45, 2.75) is 18.8 Å². The van der Waals surface area contributed by atoms with E-state index in [1.165, 1.54) is 12.1 Å². The van der Waals surface area contributed by atoms with E-state index in [4.69, 9.17) is 0 Å². The highest BCUT2D eigenvalue weighted by molar-refractivity contribution is 5.93. The number of halogens is 1. The number of rotatable bonds is 3. The van der Waals surface area contributed by atoms with Crippen LogP contribution < -0.4 is 0 Å². The highest BCUT2D eigenvalue weighted by Gasteiger charge is 2.26. The molecule has 1 aliphatic rings. The number of hydrogen-bond acceptors (Lipinski definition) is 3. The maximum absolute atomic E-state index is 13.5. The Balaban J connectivity index is 1.46. The Morgan fingerprint density at radius 1 is 1.15 bits per heavy atom. The molecule has 1 aromatic carbocycles. The van der Waals surface area contributed by atoms with Gasteiger partial charge in [0.1, 0.15) is 5.82 Å². The van der Waals surface area contributed by atoms with Crippen LogP contribution >= 0.6 is 0 Å². The third-order valence-electron chi connectivity index (χ3n) is 5.13. The lowest BCUT2D eigenvalue weighted by atomic mass is 9.93. The van der Waals surface area contributed by atoms with E-state index in [-0.39, 0.29) is 11.7 Å². The molecular formula is C21H21FN4O. The SMILES string of the molecule is Cn1nc(C2CCN(C(=O)c3cccnc3)CC2)cc1-c1cccc(F)c1. The number of amides is 1. The van der Waals surface area contributed by atoms with Gasteiger partial charge in [-0.25, -0.2) is 4.39 Å². The molecule has 1 saturated heterocycles. The number of benzene rings is 1. The lowest BCUT2D eigenvalue weighted by molar-refractivity contribution is 0.0711. The minimum atomic E-state index is -0.252. The van der Waals surface area contributed by atoms with Crippen molar-refractivity contribution in [2.75, 3.05) is 13.1 Å². The van der Waals surface area contributed by atoms with Crippen molar-refractivity contribution in [3.8, 4) is 11.3 Å². The van der Waals surface area contributed by atoms with Crippen molar-refractivity contribution in [3.05, 3.63) is 71.9 Å². The summed E-state index contributed by atoms with van der Waals surface area (Å²) < 4.78 is 15.3. The van der Waals surface area contributed by atoms with Crippen molar-refractivity contribution in [1.82, 2.24) is 19.7 Å². The third-order valence-corrected chi connectivity index (χ3v) is 5.13. The average Bonchev–Trinajstić information content (AvgIpc) is 3.10. The van der Waals surface area contributed by atoms with Crippen LogP contribution in [0.2, 0.25) is 0 Å². The first-order valence-electron chi connectivity index (χ1n) is 9.11. The predicted molar refractivity (Wildman–Crippen MR) is 101 cm³/mol. The summed E-state index contributed by atoms with van der Waals surface area (Å²) in [6.07, 6.45) is 5.01. The second-order valence-corrected chi connectivity index (χ2v) is 6.90. The van der Waals surface area contributed by atoms with E-state index in [1.807, 2.05) is 24.1 Å². The van der Waals surface area contributed by atoms with Gasteiger partial charge in [-0.1, -0.05) is 12.1 Å². The van der Waals surface area contributed by atoms with Crippen LogP contribution in [0.25, 0.3) is 11.3 Å². The first-order valence-corrected chi connectivity index (χ1v) is 9.11. The molecule has 3 heterocycles. The van der Waals surface area contributed by atoms with Gasteiger partial charge in [-0.05, 0) is 43.2 Å². The maximum atomic E-state index is 13.5. The molecule has 0 unspecified atom stereocenters. The fourth-order valence-corrected chi connectivity index (χ4v) is 3.66. The van der Waals surface area contributed by atoms with Gasteiger partial charge in [0.25, 0.3) is 5.91 Å². The zero-order valence-electron chi connectivity index (χ0n) is 15.2. The molecule has 0 aliphatic carbocycles. The second-order valence-electron chi connectivity index (χ2n) is 6.90. The Labute approximate surface area is 157 Å². The number of hydrogen-bond donors (Lipinski definition) is 0. The monoisotopic (exact) mass is 364 g/mol. The molecule has 5 nitrogen and oxygen atoms in total. The van der Waals surface area contributed by atoms with Gasteiger partial charge in [-0.15, -0.1) is 0 Å². The standard InChI is InChI=1S/C21H21FN4O/c1-25-20(16-4-2-6-18(22)12-16)13-19(24-25)15-7-10-26(11-8-15)21(27)17-5-3-9-23-14-17/h2-6,9,12-15H,7-8,10-11H2,1H3. The van der Waals surface area contributed by atoms with Crippen LogP contribution in [0, 0.1) is 5.82 Å². The van der Waals surface area contributed by atoms with E-state index in [9.17, 15) is 9.18 Å². The molecular weight excluding hydrogens is 343 g/mol. The van der Waals surface area contributed by atoms with E-state index in [0.29, 0.717) is 24.6 Å². The molecule has 6 heteroatoms. The first kappa shape index (κ1) is 17.4. The summed E-state index contributed by atoms with van der Waals surface area (Å²) in [7, 11) is 1.88. The van der Waals surface area contributed by atoms with Crippen molar-refractivity contribution >= 4 is 5.91 Å². The summed E-state index contributed by atoms with van der Waals surface area (Å²) in [4.78, 5) is 18.5. The summed E-state index contributed by atoms with van der Waals surface area (Å²) in [6.45, 7) is 1.40. The Hall–Kier alpha value is -3.02. The summed E-state index contributed by atoms with van der Waals surface area (Å²) >= 11 is 0. The molecule has 3 aromatic rings. The quantitative estimate of drug-likeness (QED) is 0.713. The molecule has 0 bridgehead atoms. The Morgan fingerprint density at radius 2 is 1.96 bits per heavy atom. The maximum Gasteiger partial charge on any atom is 0.255 e. The van der Waals surface area contributed by atoms with Crippen LogP contribution in [0.3, 0.4) is 0 Å². The van der Waals surface area contributed by atoms with Gasteiger partial charge in [-0.2, -0.15) is 5.10 Å². The number of aromatic nitrogens is 3. The number of nitrogens with zero attached hydrogens (tertiary/aromatic N) is 4. The largest absolute Gasteiger partial charge is 0.339 e. The van der Waals surface area contributed by atoms with E-state index < -0.39 is 0 Å². The zero-order valence-corrected chi connectivity index (χ0v) is 15.2. The fraction of sp³-hybridized carbons (Fsp3) is 0.286. The molecule has 0 spiro atoms. The van der Waals surface area contributed by atoms with Crippen molar-refractivity contribution in [1.29, 1.82) is 0 Å². The Kier molecular flexibility index (Phi) is 4.71. The van der Waals surface area contributed by atoms with Crippen molar-refractivity contribution in [2.24, 2.45) is 7.05 Å². The predicted octanol–water partition coefficient (Wildman–Crippen LogP) is 3.64. The van der Waals surface area contributed by atoms with Gasteiger partial charge in [0.05, 0.1) is 17.0 Å². The van der Waals surface area contributed by atoms with Gasteiger partial charge < -0.3 is 4.90 Å². The topological polar surface area (TPSA) is 51.0 Å². The lowest BCUT2D eigenvalue weighted by Crippen LogP contribution is -2.38. The summed E-state index contributed by atoms with van der Waals surface area (Å²) in [5.41, 5.74) is 3.35. The average molecular weight is 364 g/mol. The minimum absolute atomic E-state index is 0.0306. The number of pyridine rings is 1. The number of aryl methyl sites for hydroxylation is 1. The van der Waals surface area contributed by atoms with Crippen LogP contribution in [-0.4, -0.2) is 38.7 Å². The smallest absolute Gasteiger partial charge is 0.255 e. The molecule has 138 valence electrons. The highest BCUT2D eigenvalue weighted by Crippen LogP contribution is 2.31. The number of piperidine rings is 1. The zero-order chi connectivity index (χ0) is 18.8. The fourth-order valence-electron chi connectivity index (χ4n) is 3.66. The number of likely N-dealkylation sites (tertiary alicyclic amines) is 1. The van der Waals surface area contributed by atoms with Crippen molar-refractivity contribution in [3.63, 3.8) is 0 Å². The summed E-state index contributed by atoms with van der Waals surface area (Å²) in [5, 5.41) is 4.65. The first-order chi connectivity index (χ1) is 13.1. The van der Waals surface area contributed by atoms with Gasteiger partial charge in [0.15, 0.2) is 0 Å². The van der Waals surface area contributed by atoms with Crippen molar-refractivity contribution < 1.29 is 9.18 Å². The molecule has 1 amide bonds. The third kappa shape index (κ3) is 3.60.